The number of anilines is 1. The first-order valence-electron chi connectivity index (χ1n) is 12.6. The monoisotopic (exact) mass is 456 g/mol. The van der Waals surface area contributed by atoms with Gasteiger partial charge in [0.05, 0.1) is 12.2 Å². The minimum absolute atomic E-state index is 0.0113. The average molecular weight is 457 g/mol. The summed E-state index contributed by atoms with van der Waals surface area (Å²) in [5.74, 6) is 0.970. The molecule has 4 nitrogen and oxygen atoms in total. The first kappa shape index (κ1) is 22.9. The summed E-state index contributed by atoms with van der Waals surface area (Å²) in [6, 6.07) is 23.8. The number of piperidine rings is 1. The van der Waals surface area contributed by atoms with Gasteiger partial charge in [0.25, 0.3) is 0 Å². The third kappa shape index (κ3) is 4.84. The van der Waals surface area contributed by atoms with E-state index in [0.29, 0.717) is 6.61 Å². The Morgan fingerprint density at radius 1 is 0.971 bits per heavy atom. The lowest BCUT2D eigenvalue weighted by molar-refractivity contribution is -0.158. The zero-order chi connectivity index (χ0) is 23.5. The number of hydrogen-bond donors (Lipinski definition) is 1. The van der Waals surface area contributed by atoms with Crippen molar-refractivity contribution in [3.63, 3.8) is 0 Å². The highest BCUT2D eigenvalue weighted by Crippen LogP contribution is 2.39. The second-order valence-electron chi connectivity index (χ2n) is 9.82. The molecule has 34 heavy (non-hydrogen) atoms. The Hall–Kier alpha value is -2.82. The van der Waals surface area contributed by atoms with Gasteiger partial charge in [0.2, 0.25) is 0 Å². The number of benzene rings is 3. The van der Waals surface area contributed by atoms with Gasteiger partial charge >= 0.3 is 0 Å². The first-order chi connectivity index (χ1) is 16.5. The fraction of sp³-hybridized carbons (Fsp3) is 0.400. The summed E-state index contributed by atoms with van der Waals surface area (Å²) < 4.78 is 12.3. The van der Waals surface area contributed by atoms with Gasteiger partial charge in [0.1, 0.15) is 12.4 Å². The molecule has 2 N–H and O–H groups in total. The SMILES string of the molecule is CCc1ccccc1OCc1cc(-c2cccc(C(C)N)c2)cc(N2CCC3(CCO3)CC2)c1. The Morgan fingerprint density at radius 3 is 2.47 bits per heavy atom. The molecule has 0 amide bonds. The lowest BCUT2D eigenvalue weighted by atomic mass is 9.84. The van der Waals surface area contributed by atoms with Crippen molar-refractivity contribution in [3.05, 3.63) is 83.4 Å². The smallest absolute Gasteiger partial charge is 0.122 e. The van der Waals surface area contributed by atoms with Crippen LogP contribution in [0, 0.1) is 0 Å². The van der Waals surface area contributed by atoms with Crippen LogP contribution >= 0.6 is 0 Å². The molecule has 3 aromatic rings. The predicted molar refractivity (Wildman–Crippen MR) is 139 cm³/mol. The van der Waals surface area contributed by atoms with Crippen LogP contribution in [-0.4, -0.2) is 25.3 Å². The van der Waals surface area contributed by atoms with Crippen LogP contribution in [0.25, 0.3) is 11.1 Å². The molecule has 2 heterocycles. The van der Waals surface area contributed by atoms with E-state index in [1.165, 1.54) is 34.4 Å². The van der Waals surface area contributed by atoms with Gasteiger partial charge in [-0.3, -0.25) is 0 Å². The molecule has 0 aliphatic carbocycles. The molecular weight excluding hydrogens is 420 g/mol. The molecule has 2 aliphatic rings. The molecule has 5 rings (SSSR count). The van der Waals surface area contributed by atoms with Crippen LogP contribution in [-0.2, 0) is 17.8 Å². The molecular formula is C30H36N2O2. The maximum Gasteiger partial charge on any atom is 0.122 e. The van der Waals surface area contributed by atoms with Gasteiger partial charge in [-0.1, -0.05) is 43.3 Å². The van der Waals surface area contributed by atoms with Crippen molar-refractivity contribution >= 4 is 5.69 Å². The van der Waals surface area contributed by atoms with Crippen molar-refractivity contribution in [1.82, 2.24) is 0 Å². The summed E-state index contributed by atoms with van der Waals surface area (Å²) in [5, 5.41) is 0. The number of rotatable bonds is 7. The van der Waals surface area contributed by atoms with E-state index in [0.717, 1.165) is 50.3 Å². The van der Waals surface area contributed by atoms with Crippen LogP contribution < -0.4 is 15.4 Å². The Bertz CT molecular complexity index is 1130. The quantitative estimate of drug-likeness (QED) is 0.455. The Morgan fingerprint density at radius 2 is 1.76 bits per heavy atom. The summed E-state index contributed by atoms with van der Waals surface area (Å²) in [6.45, 7) is 7.73. The third-order valence-corrected chi connectivity index (χ3v) is 7.48. The Kier molecular flexibility index (Phi) is 6.62. The molecule has 1 unspecified atom stereocenters. The molecule has 1 atom stereocenters. The van der Waals surface area contributed by atoms with Gasteiger partial charge in [-0.2, -0.15) is 0 Å². The Labute approximate surface area is 203 Å². The molecule has 2 saturated heterocycles. The highest BCUT2D eigenvalue weighted by Gasteiger charge is 2.41. The Balaban J connectivity index is 1.44. The summed E-state index contributed by atoms with van der Waals surface area (Å²) in [6.07, 6.45) is 4.38. The van der Waals surface area contributed by atoms with Gasteiger partial charge in [0.15, 0.2) is 0 Å². The average Bonchev–Trinajstić information content (AvgIpc) is 2.86. The van der Waals surface area contributed by atoms with Crippen LogP contribution in [0.1, 0.15) is 55.8 Å². The summed E-state index contributed by atoms with van der Waals surface area (Å²) >= 11 is 0. The van der Waals surface area contributed by atoms with Gasteiger partial charge in [-0.15, -0.1) is 0 Å². The number of nitrogens with two attached hydrogens (primary N) is 1. The molecule has 2 fully saturated rings. The van der Waals surface area contributed by atoms with E-state index >= 15 is 0 Å². The largest absolute Gasteiger partial charge is 0.489 e. The van der Waals surface area contributed by atoms with E-state index in [9.17, 15) is 0 Å². The number of ether oxygens (including phenoxy) is 2. The van der Waals surface area contributed by atoms with Gasteiger partial charge in [-0.05, 0) is 90.8 Å². The van der Waals surface area contributed by atoms with Crippen LogP contribution in [0.4, 0.5) is 5.69 Å². The van der Waals surface area contributed by atoms with Crippen molar-refractivity contribution in [1.29, 1.82) is 0 Å². The normalized spacial score (nSPS) is 17.9. The molecule has 1 spiro atoms. The summed E-state index contributed by atoms with van der Waals surface area (Å²) in [5.41, 5.74) is 13.6. The van der Waals surface area contributed by atoms with Crippen LogP contribution in [0.3, 0.4) is 0 Å². The minimum atomic E-state index is 0.0113. The van der Waals surface area contributed by atoms with Crippen molar-refractivity contribution in [3.8, 4) is 16.9 Å². The molecule has 0 aromatic heterocycles. The molecule has 3 aromatic carbocycles. The van der Waals surface area contributed by atoms with E-state index in [1.807, 2.05) is 13.0 Å². The predicted octanol–water partition coefficient (Wildman–Crippen LogP) is 6.27. The van der Waals surface area contributed by atoms with Crippen molar-refractivity contribution < 1.29 is 9.47 Å². The highest BCUT2D eigenvalue weighted by molar-refractivity contribution is 5.70. The molecule has 2 aliphatic heterocycles. The maximum absolute atomic E-state index is 6.31. The second-order valence-corrected chi connectivity index (χ2v) is 9.82. The first-order valence-corrected chi connectivity index (χ1v) is 12.6. The van der Waals surface area contributed by atoms with Crippen LogP contribution in [0.5, 0.6) is 5.75 Å². The van der Waals surface area contributed by atoms with E-state index in [2.05, 4.69) is 72.5 Å². The molecule has 0 saturated carbocycles. The fourth-order valence-electron chi connectivity index (χ4n) is 5.16. The van der Waals surface area contributed by atoms with E-state index in [4.69, 9.17) is 15.2 Å². The minimum Gasteiger partial charge on any atom is -0.489 e. The number of hydrogen-bond acceptors (Lipinski definition) is 4. The molecule has 178 valence electrons. The van der Waals surface area contributed by atoms with E-state index < -0.39 is 0 Å². The second kappa shape index (κ2) is 9.81. The van der Waals surface area contributed by atoms with E-state index in [1.54, 1.807) is 0 Å². The summed E-state index contributed by atoms with van der Waals surface area (Å²) in [7, 11) is 0. The standard InChI is InChI=1S/C30H36N2O2/c1-3-24-7-4-5-10-29(24)33-21-23-17-27(26-9-6-8-25(19-26)22(2)31)20-28(18-23)32-14-11-30(12-15-32)13-16-34-30/h4-10,17-20,22H,3,11-16,21,31H2,1-2H3. The zero-order valence-electron chi connectivity index (χ0n) is 20.4. The number of aryl methyl sites for hydroxylation is 1. The number of para-hydroxylation sites is 1. The zero-order valence-corrected chi connectivity index (χ0v) is 20.4. The van der Waals surface area contributed by atoms with Crippen molar-refractivity contribution in [2.45, 2.75) is 57.8 Å². The molecule has 0 radical (unpaired) electrons. The molecule has 4 heteroatoms. The fourth-order valence-corrected chi connectivity index (χ4v) is 5.16. The van der Waals surface area contributed by atoms with Gasteiger partial charge in [-0.25, -0.2) is 0 Å². The lowest BCUT2D eigenvalue weighted by Crippen LogP contribution is -2.52. The van der Waals surface area contributed by atoms with Gasteiger partial charge in [0, 0.05) is 24.8 Å². The van der Waals surface area contributed by atoms with Crippen LogP contribution in [0.2, 0.25) is 0 Å². The van der Waals surface area contributed by atoms with Crippen LogP contribution in [0.15, 0.2) is 66.7 Å². The third-order valence-electron chi connectivity index (χ3n) is 7.48. The van der Waals surface area contributed by atoms with Crippen molar-refractivity contribution in [2.75, 3.05) is 24.6 Å². The van der Waals surface area contributed by atoms with Crippen molar-refractivity contribution in [2.24, 2.45) is 5.73 Å². The summed E-state index contributed by atoms with van der Waals surface area (Å²) in [4.78, 5) is 2.51. The molecule has 0 bridgehead atoms. The maximum atomic E-state index is 6.31. The topological polar surface area (TPSA) is 47.7 Å². The number of nitrogens with zero attached hydrogens (tertiary/aromatic N) is 1. The highest BCUT2D eigenvalue weighted by atomic mass is 16.5. The lowest BCUT2D eigenvalue weighted by Gasteiger charge is -2.48. The van der Waals surface area contributed by atoms with E-state index in [-0.39, 0.29) is 11.6 Å². The van der Waals surface area contributed by atoms with Gasteiger partial charge < -0.3 is 20.1 Å².